The Balaban J connectivity index is 1.65. The lowest BCUT2D eigenvalue weighted by atomic mass is 9.94. The van der Waals surface area contributed by atoms with Crippen LogP contribution >= 0.6 is 23.2 Å². The predicted octanol–water partition coefficient (Wildman–Crippen LogP) is 5.39. The van der Waals surface area contributed by atoms with Crippen molar-refractivity contribution in [3.8, 4) is 0 Å². The Morgan fingerprint density at radius 1 is 1.21 bits per heavy atom. The van der Waals surface area contributed by atoms with Gasteiger partial charge in [0.1, 0.15) is 11.9 Å². The zero-order valence-electron chi connectivity index (χ0n) is 18.3. The molecule has 2 unspecified atom stereocenters. The first-order chi connectivity index (χ1) is 16.1. The normalized spacial score (nSPS) is 19.8. The van der Waals surface area contributed by atoms with E-state index in [4.69, 9.17) is 23.2 Å². The van der Waals surface area contributed by atoms with Gasteiger partial charge in [0, 0.05) is 31.4 Å². The highest BCUT2D eigenvalue weighted by Crippen LogP contribution is 2.40. The van der Waals surface area contributed by atoms with Crippen molar-refractivity contribution in [3.63, 3.8) is 0 Å². The smallest absolute Gasteiger partial charge is 0.374 e. The number of allylic oxidation sites excluding steroid dienone is 3. The molecule has 11 heteroatoms. The average molecular weight is 512 g/mol. The molecule has 2 aliphatic heterocycles. The van der Waals surface area contributed by atoms with E-state index in [1.807, 2.05) is 36.4 Å². The monoisotopic (exact) mass is 511 g/mol. The average Bonchev–Trinajstić information content (AvgIpc) is 3.20. The second-order valence-electron chi connectivity index (χ2n) is 8.10. The Morgan fingerprint density at radius 3 is 2.65 bits per heavy atom. The molecule has 0 radical (unpaired) electrons. The lowest BCUT2D eigenvalue weighted by Gasteiger charge is -2.30. The zero-order chi connectivity index (χ0) is 24.6. The maximum absolute atomic E-state index is 13.4. The van der Waals surface area contributed by atoms with Crippen molar-refractivity contribution in [2.24, 2.45) is 0 Å². The molecule has 0 saturated heterocycles. The van der Waals surface area contributed by atoms with Gasteiger partial charge in [0.2, 0.25) is 0 Å². The Bertz CT molecular complexity index is 1200. The van der Waals surface area contributed by atoms with Crippen molar-refractivity contribution >= 4 is 34.9 Å². The number of likely N-dealkylation sites (N-methyl/N-ethyl adjacent to an activating group) is 1. The second-order valence-corrected chi connectivity index (χ2v) is 8.92. The fourth-order valence-electron chi connectivity index (χ4n) is 4.05. The van der Waals surface area contributed by atoms with Gasteiger partial charge in [0.25, 0.3) is 5.91 Å². The molecule has 0 aliphatic carbocycles. The number of carbonyl (C=O) groups is 1. The fourth-order valence-corrected chi connectivity index (χ4v) is 4.35. The van der Waals surface area contributed by atoms with Gasteiger partial charge in [-0.05, 0) is 43.3 Å². The van der Waals surface area contributed by atoms with E-state index < -0.39 is 23.8 Å². The molecule has 6 nitrogen and oxygen atoms in total. The van der Waals surface area contributed by atoms with Crippen molar-refractivity contribution in [2.75, 3.05) is 18.9 Å². The molecular weight excluding hydrogens is 490 g/mol. The van der Waals surface area contributed by atoms with Crippen LogP contribution in [-0.4, -0.2) is 40.2 Å². The van der Waals surface area contributed by atoms with Crippen LogP contribution < -0.4 is 10.6 Å². The maximum atomic E-state index is 13.4. The number of nitrogens with one attached hydrogen (secondary N) is 2. The van der Waals surface area contributed by atoms with E-state index in [-0.39, 0.29) is 22.5 Å². The van der Waals surface area contributed by atoms with Gasteiger partial charge in [-0.3, -0.25) is 4.79 Å². The van der Waals surface area contributed by atoms with Crippen LogP contribution in [0, 0.1) is 0 Å². The first-order valence-corrected chi connectivity index (χ1v) is 11.3. The summed E-state index contributed by atoms with van der Waals surface area (Å²) in [5.74, 6) is -0.285. The number of hydrogen-bond donors (Lipinski definition) is 2. The van der Waals surface area contributed by atoms with Crippen molar-refractivity contribution in [1.82, 2.24) is 20.0 Å². The molecule has 2 aliphatic rings. The first kappa shape index (κ1) is 24.2. The Kier molecular flexibility index (Phi) is 6.69. The third-order valence-corrected chi connectivity index (χ3v) is 6.52. The summed E-state index contributed by atoms with van der Waals surface area (Å²) in [4.78, 5) is 15.3. The van der Waals surface area contributed by atoms with Crippen LogP contribution in [0.4, 0.5) is 19.0 Å². The molecule has 34 heavy (non-hydrogen) atoms. The highest BCUT2D eigenvalue weighted by Gasteiger charge is 2.39. The van der Waals surface area contributed by atoms with Gasteiger partial charge >= 0.3 is 6.18 Å². The van der Waals surface area contributed by atoms with E-state index in [9.17, 15) is 18.0 Å². The molecule has 2 aromatic rings. The minimum Gasteiger partial charge on any atom is -0.374 e. The minimum atomic E-state index is -4.64. The molecule has 2 N–H and O–H groups in total. The summed E-state index contributed by atoms with van der Waals surface area (Å²) in [6, 6.07) is 4.82. The Morgan fingerprint density at radius 2 is 1.97 bits per heavy atom. The SMILES string of the molecule is CC1=C(C(=O)NCCC2C=CC=CN2C)C(c2ccc(Cl)c(Cl)c2)n2nc(C(F)(F)F)cc2N1. The second kappa shape index (κ2) is 9.38. The van der Waals surface area contributed by atoms with E-state index in [0.717, 1.165) is 10.7 Å². The molecule has 0 spiro atoms. The highest BCUT2D eigenvalue weighted by atomic mass is 35.5. The number of aromatic nitrogens is 2. The third kappa shape index (κ3) is 4.81. The summed E-state index contributed by atoms with van der Waals surface area (Å²) in [7, 11) is 1.95. The molecule has 180 valence electrons. The Labute approximate surface area is 204 Å². The van der Waals surface area contributed by atoms with Crippen molar-refractivity contribution in [2.45, 2.75) is 31.6 Å². The van der Waals surface area contributed by atoms with E-state index in [1.165, 1.54) is 6.07 Å². The number of nitrogens with zero attached hydrogens (tertiary/aromatic N) is 3. The van der Waals surface area contributed by atoms with Crippen molar-refractivity contribution < 1.29 is 18.0 Å². The number of benzene rings is 1. The fraction of sp³-hybridized carbons (Fsp3) is 0.304. The van der Waals surface area contributed by atoms with Crippen LogP contribution in [0.3, 0.4) is 0 Å². The summed E-state index contributed by atoms with van der Waals surface area (Å²) < 4.78 is 41.4. The highest BCUT2D eigenvalue weighted by molar-refractivity contribution is 6.42. The first-order valence-electron chi connectivity index (χ1n) is 10.5. The van der Waals surface area contributed by atoms with Gasteiger partial charge < -0.3 is 15.5 Å². The number of amides is 1. The van der Waals surface area contributed by atoms with Gasteiger partial charge in [-0.1, -0.05) is 41.4 Å². The summed E-state index contributed by atoms with van der Waals surface area (Å²) in [6.45, 7) is 2.02. The van der Waals surface area contributed by atoms with E-state index in [2.05, 4.69) is 15.7 Å². The molecule has 1 amide bonds. The van der Waals surface area contributed by atoms with Gasteiger partial charge in [0.05, 0.1) is 15.6 Å². The lowest BCUT2D eigenvalue weighted by molar-refractivity contribution is -0.141. The van der Waals surface area contributed by atoms with Crippen LogP contribution in [0.1, 0.15) is 30.6 Å². The number of hydrogen-bond acceptors (Lipinski definition) is 4. The molecule has 0 bridgehead atoms. The number of halogens is 5. The van der Waals surface area contributed by atoms with Crippen LogP contribution in [0.25, 0.3) is 0 Å². The van der Waals surface area contributed by atoms with Gasteiger partial charge in [-0.25, -0.2) is 4.68 Å². The zero-order valence-corrected chi connectivity index (χ0v) is 19.8. The van der Waals surface area contributed by atoms with Crippen LogP contribution in [0.2, 0.25) is 10.0 Å². The molecule has 3 heterocycles. The molecule has 0 saturated carbocycles. The van der Waals surface area contributed by atoms with E-state index in [0.29, 0.717) is 29.2 Å². The summed E-state index contributed by atoms with van der Waals surface area (Å²) >= 11 is 12.2. The number of rotatable bonds is 5. The molecule has 0 fully saturated rings. The third-order valence-electron chi connectivity index (χ3n) is 5.78. The van der Waals surface area contributed by atoms with Crippen molar-refractivity contribution in [3.05, 3.63) is 81.3 Å². The van der Waals surface area contributed by atoms with Crippen LogP contribution in [0.5, 0.6) is 0 Å². The molecule has 2 atom stereocenters. The number of anilines is 1. The molecular formula is C23H22Cl2F3N5O. The summed E-state index contributed by atoms with van der Waals surface area (Å²) in [5, 5.41) is 10.1. The van der Waals surface area contributed by atoms with Gasteiger partial charge in [-0.2, -0.15) is 18.3 Å². The van der Waals surface area contributed by atoms with E-state index >= 15 is 0 Å². The van der Waals surface area contributed by atoms with E-state index in [1.54, 1.807) is 19.1 Å². The molecule has 1 aromatic heterocycles. The summed E-state index contributed by atoms with van der Waals surface area (Å²) in [5.41, 5.74) is 0.0933. The van der Waals surface area contributed by atoms with Crippen LogP contribution in [0.15, 0.2) is 60.0 Å². The quantitative estimate of drug-likeness (QED) is 0.565. The maximum Gasteiger partial charge on any atom is 0.435 e. The lowest BCUT2D eigenvalue weighted by Crippen LogP contribution is -2.37. The number of fused-ring (bicyclic) bond motifs is 1. The summed E-state index contributed by atoms with van der Waals surface area (Å²) in [6.07, 6.45) is 3.87. The minimum absolute atomic E-state index is 0.123. The largest absolute Gasteiger partial charge is 0.435 e. The predicted molar refractivity (Wildman–Crippen MR) is 126 cm³/mol. The molecule has 1 aromatic carbocycles. The van der Waals surface area contributed by atoms with Gasteiger partial charge in [-0.15, -0.1) is 0 Å². The number of alkyl halides is 3. The van der Waals surface area contributed by atoms with Crippen LogP contribution in [-0.2, 0) is 11.0 Å². The Hall–Kier alpha value is -2.91. The number of carbonyl (C=O) groups excluding carboxylic acids is 1. The van der Waals surface area contributed by atoms with Gasteiger partial charge in [0.15, 0.2) is 5.69 Å². The van der Waals surface area contributed by atoms with Crippen molar-refractivity contribution in [1.29, 1.82) is 0 Å². The molecule has 4 rings (SSSR count). The topological polar surface area (TPSA) is 62.2 Å². The standard InChI is InChI=1S/C23H22Cl2F3N5O/c1-13-20(22(34)29-9-8-15-5-3-4-10-32(15)2)21(14-6-7-16(24)17(25)11-14)33-19(30-13)12-18(31-33)23(26,27)28/h3-7,10-12,15,21,30H,8-9H2,1-2H3,(H,29,34).